The number of hydrogen-bond donors (Lipinski definition) is 5. The number of methoxy groups -OCH3 is 1. The summed E-state index contributed by atoms with van der Waals surface area (Å²) in [4.78, 5) is 51.2. The molecule has 3 aliphatic carbocycles. The minimum absolute atomic E-state index is 0.00804. The average Bonchev–Trinajstić information content (AvgIpc) is 3.33. The van der Waals surface area contributed by atoms with Crippen LogP contribution in [0.4, 0.5) is 4.79 Å². The van der Waals surface area contributed by atoms with Crippen LogP contribution in [0.15, 0.2) is 45.8 Å². The summed E-state index contributed by atoms with van der Waals surface area (Å²) in [5.74, 6) is -6.59. The second-order valence-corrected chi connectivity index (χ2v) is 9.99. The minimum Gasteiger partial charge on any atom is -0.508 e. The summed E-state index contributed by atoms with van der Waals surface area (Å²) >= 11 is 0. The van der Waals surface area contributed by atoms with Crippen LogP contribution in [0.25, 0.3) is 17.1 Å². The molecule has 0 bridgehead atoms. The minimum atomic E-state index is -2.63. The zero-order valence-electron chi connectivity index (χ0n) is 21.1. The largest absolute Gasteiger partial charge is 0.508 e. The molecule has 0 spiro atoms. The van der Waals surface area contributed by atoms with Crippen molar-refractivity contribution in [1.29, 1.82) is 0 Å². The maximum absolute atomic E-state index is 13.6. The molecule has 12 heteroatoms. The predicted molar refractivity (Wildman–Crippen MR) is 133 cm³/mol. The van der Waals surface area contributed by atoms with Gasteiger partial charge in [0, 0.05) is 36.1 Å². The number of fused-ring (bicyclic) bond motifs is 3. The van der Waals surface area contributed by atoms with Crippen LogP contribution in [-0.4, -0.2) is 68.7 Å². The Morgan fingerprint density at radius 3 is 2.56 bits per heavy atom. The van der Waals surface area contributed by atoms with Gasteiger partial charge in [-0.2, -0.15) is 0 Å². The number of carbonyl (C=O) groups is 4. The third kappa shape index (κ3) is 3.70. The topological polar surface area (TPSA) is 201 Å². The second kappa shape index (κ2) is 9.02. The number of phenols is 1. The molecule has 1 aromatic heterocycles. The Kier molecular flexibility index (Phi) is 6.02. The Balaban J connectivity index is 1.64. The van der Waals surface area contributed by atoms with Gasteiger partial charge in [-0.25, -0.2) is 4.79 Å². The number of ether oxygens (including phenoxy) is 1. The number of benzene rings is 1. The van der Waals surface area contributed by atoms with Crippen molar-refractivity contribution in [1.82, 2.24) is 4.90 Å². The number of primary amides is 1. The Labute approximate surface area is 221 Å². The van der Waals surface area contributed by atoms with Crippen LogP contribution in [0.3, 0.4) is 0 Å². The van der Waals surface area contributed by atoms with Gasteiger partial charge in [-0.05, 0) is 42.5 Å². The van der Waals surface area contributed by atoms with E-state index in [4.69, 9.17) is 14.9 Å². The SMILES string of the molecule is COC(=O)N(C)Cc1ccoc1-c1ccc(O)c2c1C[C@H]1C[C@H]3CC(=O)C(C(N)=O)=C(O)[C@@]3(O)C(=O)C1=C2O. The fraction of sp³-hybridized carbons (Fsp3) is 0.333. The lowest BCUT2D eigenvalue weighted by atomic mass is 9.59. The number of Topliss-reactive ketones (excluding diaryl/α,β-unsaturated/α-hetero) is 2. The molecule has 0 aliphatic heterocycles. The molecule has 5 rings (SSSR count). The molecule has 2 aromatic rings. The van der Waals surface area contributed by atoms with Gasteiger partial charge in [0.25, 0.3) is 5.91 Å². The highest BCUT2D eigenvalue weighted by Crippen LogP contribution is 2.53. The first-order chi connectivity index (χ1) is 18.4. The number of nitrogens with zero attached hydrogens (tertiary/aromatic N) is 1. The molecule has 0 radical (unpaired) electrons. The average molecular weight is 539 g/mol. The summed E-state index contributed by atoms with van der Waals surface area (Å²) in [6.45, 7) is 0.133. The van der Waals surface area contributed by atoms with Gasteiger partial charge in [-0.15, -0.1) is 0 Å². The molecule has 1 saturated carbocycles. The molecule has 6 N–H and O–H groups in total. The fourth-order valence-corrected chi connectivity index (χ4v) is 6.01. The summed E-state index contributed by atoms with van der Waals surface area (Å²) in [7, 11) is 2.80. The van der Waals surface area contributed by atoms with Crippen LogP contribution in [0.2, 0.25) is 0 Å². The lowest BCUT2D eigenvalue weighted by Gasteiger charge is -2.46. The molecular formula is C27H26N2O10. The summed E-state index contributed by atoms with van der Waals surface area (Å²) in [5, 5.41) is 44.0. The number of furan rings is 1. The van der Waals surface area contributed by atoms with E-state index in [1.807, 2.05) is 0 Å². The van der Waals surface area contributed by atoms with Crippen LogP contribution >= 0.6 is 0 Å². The highest BCUT2D eigenvalue weighted by atomic mass is 16.5. The van der Waals surface area contributed by atoms with E-state index in [0.717, 1.165) is 0 Å². The van der Waals surface area contributed by atoms with Crippen LogP contribution in [0, 0.1) is 11.8 Å². The van der Waals surface area contributed by atoms with Crippen LogP contribution in [0.1, 0.15) is 29.5 Å². The van der Waals surface area contributed by atoms with Gasteiger partial charge < -0.3 is 40.2 Å². The van der Waals surface area contributed by atoms with E-state index >= 15 is 0 Å². The number of aliphatic hydroxyl groups is 3. The Bertz CT molecular complexity index is 1520. The third-order valence-electron chi connectivity index (χ3n) is 7.83. The summed E-state index contributed by atoms with van der Waals surface area (Å²) in [6, 6.07) is 4.57. The lowest BCUT2D eigenvalue weighted by Crippen LogP contribution is -2.58. The van der Waals surface area contributed by atoms with Gasteiger partial charge in [0.15, 0.2) is 11.4 Å². The molecule has 2 amide bonds. The van der Waals surface area contributed by atoms with Gasteiger partial charge >= 0.3 is 6.09 Å². The van der Waals surface area contributed by atoms with Crippen molar-refractivity contribution < 1.29 is 48.8 Å². The van der Waals surface area contributed by atoms with E-state index < -0.39 is 64.5 Å². The smallest absolute Gasteiger partial charge is 0.409 e. The predicted octanol–water partition coefficient (Wildman–Crippen LogP) is 1.88. The van der Waals surface area contributed by atoms with Crippen molar-refractivity contribution in [2.75, 3.05) is 14.2 Å². The second-order valence-electron chi connectivity index (χ2n) is 9.99. The van der Waals surface area contributed by atoms with Crippen molar-refractivity contribution in [3.8, 4) is 17.1 Å². The monoisotopic (exact) mass is 538 g/mol. The first kappa shape index (κ1) is 26.0. The number of phenolic OH excluding ortho intramolecular Hbond substituents is 1. The Morgan fingerprint density at radius 1 is 1.18 bits per heavy atom. The van der Waals surface area contributed by atoms with Crippen molar-refractivity contribution in [3.63, 3.8) is 0 Å². The standard InChI is InChI=1S/C27H26N2O10/c1-29(26(36)38-2)10-11-5-6-39-22(11)14-3-4-16(30)19-15(14)8-12-7-13-9-17(31)20(25(28)35)24(34)27(13,37)23(33)18(12)21(19)32/h3-6,12-13,30,32,34,37H,7-10H2,1-2H3,(H2,28,35)/t12-,13+,27+/m1/s1. The first-order valence-corrected chi connectivity index (χ1v) is 12.1. The molecule has 1 aromatic carbocycles. The lowest BCUT2D eigenvalue weighted by molar-refractivity contribution is -0.147. The number of carbonyl (C=O) groups excluding carboxylic acids is 4. The summed E-state index contributed by atoms with van der Waals surface area (Å²) in [6.07, 6.45) is 0.589. The molecular weight excluding hydrogens is 512 g/mol. The van der Waals surface area contributed by atoms with Crippen molar-refractivity contribution in [3.05, 3.63) is 58.1 Å². The Morgan fingerprint density at radius 2 is 1.90 bits per heavy atom. The van der Waals surface area contributed by atoms with E-state index in [9.17, 15) is 39.6 Å². The van der Waals surface area contributed by atoms with E-state index in [1.54, 1.807) is 19.2 Å². The number of ketones is 2. The number of amides is 2. The normalized spacial score (nSPS) is 24.2. The number of aliphatic hydroxyl groups excluding tert-OH is 2. The van der Waals surface area contributed by atoms with Crippen LogP contribution in [-0.2, 0) is 32.1 Å². The quantitative estimate of drug-likeness (QED) is 0.358. The maximum atomic E-state index is 13.6. The zero-order chi connectivity index (χ0) is 28.4. The van der Waals surface area contributed by atoms with Gasteiger partial charge in [0.1, 0.15) is 28.6 Å². The molecule has 3 atom stereocenters. The summed E-state index contributed by atoms with van der Waals surface area (Å²) in [5.41, 5.74) is 3.03. The van der Waals surface area contributed by atoms with Gasteiger partial charge in [0.05, 0.1) is 25.5 Å². The van der Waals surface area contributed by atoms with E-state index in [-0.39, 0.29) is 36.3 Å². The molecule has 12 nitrogen and oxygen atoms in total. The van der Waals surface area contributed by atoms with Crippen molar-refractivity contribution >= 4 is 29.3 Å². The van der Waals surface area contributed by atoms with Gasteiger partial charge in [-0.1, -0.05) is 0 Å². The molecule has 39 heavy (non-hydrogen) atoms. The Hall–Kier alpha value is -4.58. The molecule has 1 heterocycles. The zero-order valence-corrected chi connectivity index (χ0v) is 21.1. The fourth-order valence-electron chi connectivity index (χ4n) is 6.01. The number of hydrogen-bond acceptors (Lipinski definition) is 10. The molecule has 1 fully saturated rings. The van der Waals surface area contributed by atoms with Crippen molar-refractivity contribution in [2.45, 2.75) is 31.4 Å². The molecule has 0 saturated heterocycles. The number of rotatable bonds is 4. The molecule has 3 aliphatic rings. The van der Waals surface area contributed by atoms with Gasteiger partial charge in [0.2, 0.25) is 5.78 Å². The first-order valence-electron chi connectivity index (χ1n) is 12.1. The van der Waals surface area contributed by atoms with Crippen molar-refractivity contribution in [2.24, 2.45) is 17.6 Å². The highest BCUT2D eigenvalue weighted by molar-refractivity contribution is 6.22. The highest BCUT2D eigenvalue weighted by Gasteiger charge is 2.60. The van der Waals surface area contributed by atoms with Crippen LogP contribution in [0.5, 0.6) is 5.75 Å². The van der Waals surface area contributed by atoms with E-state index in [0.29, 0.717) is 22.5 Å². The van der Waals surface area contributed by atoms with E-state index in [1.165, 1.54) is 24.3 Å². The maximum Gasteiger partial charge on any atom is 0.409 e. The summed E-state index contributed by atoms with van der Waals surface area (Å²) < 4.78 is 10.5. The van der Waals surface area contributed by atoms with Crippen LogP contribution < -0.4 is 5.73 Å². The molecule has 204 valence electrons. The van der Waals surface area contributed by atoms with E-state index in [2.05, 4.69) is 0 Å². The number of nitrogens with two attached hydrogens (primary N) is 1. The van der Waals surface area contributed by atoms with Gasteiger partial charge in [-0.3, -0.25) is 14.4 Å². The number of aromatic hydroxyl groups is 1. The molecule has 0 unspecified atom stereocenters. The third-order valence-corrected chi connectivity index (χ3v) is 7.83.